The Labute approximate surface area is 155 Å². The molecule has 2 aromatic heterocycles. The Hall–Kier alpha value is -3.94. The van der Waals surface area contributed by atoms with Gasteiger partial charge in [-0.3, -0.25) is 5.10 Å². The average molecular weight is 359 g/mol. The molecule has 2 amide bonds. The first-order valence-corrected chi connectivity index (χ1v) is 8.37. The Kier molecular flexibility index (Phi) is 4.60. The lowest BCUT2D eigenvalue weighted by Gasteiger charge is -2.17. The number of rotatable bonds is 5. The van der Waals surface area contributed by atoms with Crippen LogP contribution in [0.2, 0.25) is 0 Å². The van der Waals surface area contributed by atoms with E-state index in [-0.39, 0.29) is 6.03 Å². The zero-order chi connectivity index (χ0) is 18.5. The number of hydrogen-bond acceptors (Lipinski definition) is 4. The number of urea groups is 1. The highest BCUT2D eigenvalue weighted by molar-refractivity contribution is 5.89. The summed E-state index contributed by atoms with van der Waals surface area (Å²) in [6.07, 6.45) is 4.76. The number of carbonyl (C=O) groups excluding carboxylic acids is 1. The van der Waals surface area contributed by atoms with Gasteiger partial charge in [0, 0.05) is 0 Å². The van der Waals surface area contributed by atoms with E-state index in [0.717, 1.165) is 11.3 Å². The van der Waals surface area contributed by atoms with Crippen LogP contribution in [0.15, 0.2) is 79.4 Å². The van der Waals surface area contributed by atoms with Gasteiger partial charge >= 0.3 is 6.03 Å². The standard InChI is InChI=1S/C19H17N7O/c27-19(23-15-11-22-26(12-15)16-9-5-2-6-10-16)24-17(18-20-13-21-25-18)14-7-3-1-4-8-14/h1-13,17H,(H,20,21,25)(H2,23,24,27). The summed E-state index contributed by atoms with van der Waals surface area (Å²) in [5.74, 6) is 0.552. The Balaban J connectivity index is 1.49. The van der Waals surface area contributed by atoms with E-state index in [0.29, 0.717) is 11.5 Å². The predicted octanol–water partition coefficient (Wildman–Crippen LogP) is 2.90. The maximum absolute atomic E-state index is 12.5. The van der Waals surface area contributed by atoms with Crippen LogP contribution in [0.25, 0.3) is 5.69 Å². The predicted molar refractivity (Wildman–Crippen MR) is 100 cm³/mol. The number of carbonyl (C=O) groups is 1. The van der Waals surface area contributed by atoms with Gasteiger partial charge < -0.3 is 10.6 Å². The molecule has 0 aliphatic rings. The second kappa shape index (κ2) is 7.52. The second-order valence-corrected chi connectivity index (χ2v) is 5.82. The van der Waals surface area contributed by atoms with Gasteiger partial charge in [-0.05, 0) is 17.7 Å². The molecule has 3 N–H and O–H groups in total. The molecule has 8 heteroatoms. The number of para-hydroxylation sites is 1. The van der Waals surface area contributed by atoms with Gasteiger partial charge in [0.15, 0.2) is 5.82 Å². The van der Waals surface area contributed by atoms with Crippen LogP contribution >= 0.6 is 0 Å². The maximum Gasteiger partial charge on any atom is 0.320 e. The van der Waals surface area contributed by atoms with E-state index in [2.05, 4.69) is 30.9 Å². The number of aromatic amines is 1. The van der Waals surface area contributed by atoms with Crippen LogP contribution in [0.4, 0.5) is 10.5 Å². The highest BCUT2D eigenvalue weighted by Gasteiger charge is 2.19. The average Bonchev–Trinajstić information content (AvgIpc) is 3.40. The van der Waals surface area contributed by atoms with Crippen molar-refractivity contribution in [2.45, 2.75) is 6.04 Å². The number of H-pyrrole nitrogens is 1. The van der Waals surface area contributed by atoms with Gasteiger partial charge in [0.2, 0.25) is 0 Å². The smallest absolute Gasteiger partial charge is 0.320 e. The third-order valence-corrected chi connectivity index (χ3v) is 3.98. The molecular formula is C19H17N7O. The van der Waals surface area contributed by atoms with Crippen molar-refractivity contribution in [2.24, 2.45) is 0 Å². The number of amides is 2. The van der Waals surface area contributed by atoms with E-state index in [1.807, 2.05) is 60.7 Å². The number of anilines is 1. The highest BCUT2D eigenvalue weighted by atomic mass is 16.2. The van der Waals surface area contributed by atoms with E-state index in [4.69, 9.17) is 0 Å². The molecule has 1 unspecified atom stereocenters. The van der Waals surface area contributed by atoms with Crippen molar-refractivity contribution < 1.29 is 4.79 Å². The molecule has 0 saturated carbocycles. The number of aromatic nitrogens is 5. The molecule has 0 saturated heterocycles. The molecule has 4 rings (SSSR count). The van der Waals surface area contributed by atoms with Crippen molar-refractivity contribution >= 4 is 11.7 Å². The topological polar surface area (TPSA) is 101 Å². The van der Waals surface area contributed by atoms with Crippen molar-refractivity contribution in [2.75, 3.05) is 5.32 Å². The molecule has 2 heterocycles. The maximum atomic E-state index is 12.5. The van der Waals surface area contributed by atoms with Gasteiger partial charge in [-0.2, -0.15) is 10.2 Å². The van der Waals surface area contributed by atoms with Gasteiger partial charge in [0.05, 0.1) is 23.8 Å². The van der Waals surface area contributed by atoms with Crippen LogP contribution in [0.1, 0.15) is 17.4 Å². The fourth-order valence-corrected chi connectivity index (χ4v) is 2.72. The van der Waals surface area contributed by atoms with Crippen molar-refractivity contribution in [1.29, 1.82) is 0 Å². The zero-order valence-electron chi connectivity index (χ0n) is 14.3. The molecule has 2 aromatic carbocycles. The first-order valence-electron chi connectivity index (χ1n) is 8.37. The summed E-state index contributed by atoms with van der Waals surface area (Å²) in [6.45, 7) is 0. The molecule has 0 aliphatic heterocycles. The largest absolute Gasteiger partial charge is 0.324 e. The molecule has 4 aromatic rings. The van der Waals surface area contributed by atoms with Gasteiger partial charge in [-0.15, -0.1) is 0 Å². The third kappa shape index (κ3) is 3.84. The fourth-order valence-electron chi connectivity index (χ4n) is 2.72. The fraction of sp³-hybridized carbons (Fsp3) is 0.0526. The monoisotopic (exact) mass is 359 g/mol. The first-order chi connectivity index (χ1) is 13.3. The summed E-state index contributed by atoms with van der Waals surface area (Å²) >= 11 is 0. The van der Waals surface area contributed by atoms with E-state index < -0.39 is 6.04 Å². The molecule has 0 fully saturated rings. The van der Waals surface area contributed by atoms with Crippen LogP contribution in [0.3, 0.4) is 0 Å². The van der Waals surface area contributed by atoms with Gasteiger partial charge in [0.1, 0.15) is 12.4 Å². The number of nitrogens with one attached hydrogen (secondary N) is 3. The summed E-state index contributed by atoms with van der Waals surface area (Å²) < 4.78 is 1.70. The Morgan fingerprint density at radius 3 is 2.48 bits per heavy atom. The summed E-state index contributed by atoms with van der Waals surface area (Å²) in [4.78, 5) is 16.7. The van der Waals surface area contributed by atoms with Crippen LogP contribution in [0.5, 0.6) is 0 Å². The van der Waals surface area contributed by atoms with Gasteiger partial charge in [-0.1, -0.05) is 48.5 Å². The minimum atomic E-state index is -0.446. The van der Waals surface area contributed by atoms with E-state index in [1.54, 1.807) is 17.1 Å². The minimum absolute atomic E-state index is 0.368. The quantitative estimate of drug-likeness (QED) is 0.510. The van der Waals surface area contributed by atoms with Crippen LogP contribution in [-0.4, -0.2) is 31.0 Å². The normalized spacial score (nSPS) is 11.7. The lowest BCUT2D eigenvalue weighted by molar-refractivity contribution is 0.249. The van der Waals surface area contributed by atoms with Gasteiger partial charge in [-0.25, -0.2) is 14.5 Å². The van der Waals surface area contributed by atoms with E-state index in [9.17, 15) is 4.79 Å². The van der Waals surface area contributed by atoms with E-state index in [1.165, 1.54) is 6.33 Å². The van der Waals surface area contributed by atoms with Crippen molar-refractivity contribution in [3.63, 3.8) is 0 Å². The summed E-state index contributed by atoms with van der Waals surface area (Å²) in [5.41, 5.74) is 2.39. The van der Waals surface area contributed by atoms with Crippen LogP contribution in [0, 0.1) is 0 Å². The Morgan fingerprint density at radius 1 is 1.04 bits per heavy atom. The van der Waals surface area contributed by atoms with Crippen molar-refractivity contribution in [3.05, 3.63) is 90.8 Å². The molecule has 0 bridgehead atoms. The van der Waals surface area contributed by atoms with Crippen LogP contribution in [-0.2, 0) is 0 Å². The first kappa shape index (κ1) is 16.5. The molecule has 134 valence electrons. The highest BCUT2D eigenvalue weighted by Crippen LogP contribution is 2.18. The second-order valence-electron chi connectivity index (χ2n) is 5.82. The lowest BCUT2D eigenvalue weighted by Crippen LogP contribution is -2.33. The molecule has 27 heavy (non-hydrogen) atoms. The minimum Gasteiger partial charge on any atom is -0.324 e. The molecule has 0 radical (unpaired) electrons. The summed E-state index contributed by atoms with van der Waals surface area (Å²) in [6, 6.07) is 18.4. The third-order valence-electron chi connectivity index (χ3n) is 3.98. The van der Waals surface area contributed by atoms with Gasteiger partial charge in [0.25, 0.3) is 0 Å². The molecule has 0 spiro atoms. The Bertz CT molecular complexity index is 997. The summed E-state index contributed by atoms with van der Waals surface area (Å²) in [7, 11) is 0. The molecular weight excluding hydrogens is 342 g/mol. The van der Waals surface area contributed by atoms with Crippen LogP contribution < -0.4 is 10.6 Å². The van der Waals surface area contributed by atoms with E-state index >= 15 is 0 Å². The Morgan fingerprint density at radius 2 is 1.78 bits per heavy atom. The molecule has 1 atom stereocenters. The number of hydrogen-bond donors (Lipinski definition) is 3. The molecule has 8 nitrogen and oxygen atoms in total. The SMILES string of the molecule is O=C(Nc1cnn(-c2ccccc2)c1)NC(c1ccccc1)c1ncn[nH]1. The van der Waals surface area contributed by atoms with Crippen molar-refractivity contribution in [1.82, 2.24) is 30.3 Å². The summed E-state index contributed by atoms with van der Waals surface area (Å²) in [5, 5.41) is 16.7. The molecule has 0 aliphatic carbocycles. The number of benzene rings is 2. The zero-order valence-corrected chi connectivity index (χ0v) is 14.3. The number of nitrogens with zero attached hydrogens (tertiary/aromatic N) is 4. The van der Waals surface area contributed by atoms with Crippen molar-refractivity contribution in [3.8, 4) is 5.69 Å². The lowest BCUT2D eigenvalue weighted by atomic mass is 10.1.